The topological polar surface area (TPSA) is 45.3 Å². The maximum Gasteiger partial charge on any atom is 0.260 e. The standard InChI is InChI=1S/C25H33N3O3/c1-20-6-3-4-8-24(20)27-16-14-26(15-17-27)21-7-5-13-28(18-21)25(29)19-31-23-11-9-22(30-2)10-12-23/h3-4,6,8-12,21H,5,7,13-19H2,1-2H3/t21-/m1/s1. The molecule has 1 atom stereocenters. The quantitative estimate of drug-likeness (QED) is 0.714. The van der Waals surface area contributed by atoms with Crippen molar-refractivity contribution in [2.24, 2.45) is 0 Å². The molecule has 0 unspecified atom stereocenters. The molecule has 0 aliphatic carbocycles. The number of hydrogen-bond donors (Lipinski definition) is 0. The van der Waals surface area contributed by atoms with Crippen LogP contribution in [0, 0.1) is 6.92 Å². The lowest BCUT2D eigenvalue weighted by Gasteiger charge is -2.44. The molecule has 166 valence electrons. The Bertz CT molecular complexity index is 863. The highest BCUT2D eigenvalue weighted by atomic mass is 16.5. The van der Waals surface area contributed by atoms with Gasteiger partial charge in [0.05, 0.1) is 7.11 Å². The van der Waals surface area contributed by atoms with Crippen LogP contribution < -0.4 is 14.4 Å². The number of amides is 1. The van der Waals surface area contributed by atoms with Crippen LogP contribution in [0.1, 0.15) is 18.4 Å². The summed E-state index contributed by atoms with van der Waals surface area (Å²) in [6.45, 7) is 8.05. The molecular weight excluding hydrogens is 390 g/mol. The maximum atomic E-state index is 12.7. The zero-order chi connectivity index (χ0) is 21.6. The lowest BCUT2D eigenvalue weighted by atomic mass is 10.0. The summed E-state index contributed by atoms with van der Waals surface area (Å²) in [5.74, 6) is 1.54. The van der Waals surface area contributed by atoms with Crippen LogP contribution in [0.25, 0.3) is 0 Å². The second kappa shape index (κ2) is 10.1. The van der Waals surface area contributed by atoms with E-state index in [1.807, 2.05) is 29.2 Å². The fraction of sp³-hybridized carbons (Fsp3) is 0.480. The van der Waals surface area contributed by atoms with Gasteiger partial charge in [0.2, 0.25) is 0 Å². The number of likely N-dealkylation sites (tertiary alicyclic amines) is 1. The molecule has 4 rings (SSSR count). The Kier molecular flexibility index (Phi) is 6.97. The number of methoxy groups -OCH3 is 1. The molecule has 2 heterocycles. The zero-order valence-electron chi connectivity index (χ0n) is 18.6. The predicted molar refractivity (Wildman–Crippen MR) is 123 cm³/mol. The van der Waals surface area contributed by atoms with E-state index >= 15 is 0 Å². The van der Waals surface area contributed by atoms with Crippen LogP contribution in [0.5, 0.6) is 11.5 Å². The van der Waals surface area contributed by atoms with Gasteiger partial charge in [0.25, 0.3) is 5.91 Å². The van der Waals surface area contributed by atoms with Crippen LogP contribution in [-0.4, -0.2) is 74.7 Å². The summed E-state index contributed by atoms with van der Waals surface area (Å²) in [6.07, 6.45) is 2.21. The Labute approximate surface area is 185 Å². The smallest absolute Gasteiger partial charge is 0.260 e. The molecule has 2 saturated heterocycles. The molecule has 0 N–H and O–H groups in total. The molecule has 2 aliphatic rings. The van der Waals surface area contributed by atoms with E-state index in [2.05, 4.69) is 41.0 Å². The van der Waals surface area contributed by atoms with Gasteiger partial charge in [-0.2, -0.15) is 0 Å². The molecule has 6 nitrogen and oxygen atoms in total. The molecule has 2 aromatic carbocycles. The van der Waals surface area contributed by atoms with Crippen molar-refractivity contribution in [2.75, 3.05) is 57.9 Å². The van der Waals surface area contributed by atoms with Gasteiger partial charge >= 0.3 is 0 Å². The Morgan fingerprint density at radius 3 is 2.39 bits per heavy atom. The third-order valence-electron chi connectivity index (χ3n) is 6.46. The van der Waals surface area contributed by atoms with Crippen molar-refractivity contribution in [3.63, 3.8) is 0 Å². The fourth-order valence-electron chi connectivity index (χ4n) is 4.63. The number of carbonyl (C=O) groups is 1. The van der Waals surface area contributed by atoms with E-state index in [0.29, 0.717) is 11.8 Å². The van der Waals surface area contributed by atoms with Crippen LogP contribution in [0.15, 0.2) is 48.5 Å². The highest BCUT2D eigenvalue weighted by Crippen LogP contribution is 2.24. The molecule has 1 amide bonds. The first kappa shape index (κ1) is 21.5. The van der Waals surface area contributed by atoms with Crippen molar-refractivity contribution < 1.29 is 14.3 Å². The maximum absolute atomic E-state index is 12.7. The van der Waals surface area contributed by atoms with Gasteiger partial charge in [-0.1, -0.05) is 18.2 Å². The second-order valence-corrected chi connectivity index (χ2v) is 8.41. The zero-order valence-corrected chi connectivity index (χ0v) is 18.6. The molecular formula is C25H33N3O3. The number of benzene rings is 2. The molecule has 31 heavy (non-hydrogen) atoms. The van der Waals surface area contributed by atoms with Crippen molar-refractivity contribution in [2.45, 2.75) is 25.8 Å². The second-order valence-electron chi connectivity index (χ2n) is 8.41. The van der Waals surface area contributed by atoms with Gasteiger partial charge < -0.3 is 19.3 Å². The van der Waals surface area contributed by atoms with Crippen molar-refractivity contribution >= 4 is 11.6 Å². The van der Waals surface area contributed by atoms with E-state index in [4.69, 9.17) is 9.47 Å². The SMILES string of the molecule is COc1ccc(OCC(=O)N2CCC[C@@H](N3CCN(c4ccccc4C)CC3)C2)cc1. The minimum absolute atomic E-state index is 0.0686. The molecule has 6 heteroatoms. The van der Waals surface area contributed by atoms with Crippen LogP contribution in [0.3, 0.4) is 0 Å². The van der Waals surface area contributed by atoms with Crippen molar-refractivity contribution in [3.8, 4) is 11.5 Å². The summed E-state index contributed by atoms with van der Waals surface area (Å²) in [4.78, 5) is 19.8. The predicted octanol–water partition coefficient (Wildman–Crippen LogP) is 3.20. The van der Waals surface area contributed by atoms with E-state index < -0.39 is 0 Å². The number of piperazine rings is 1. The summed E-state index contributed by atoms with van der Waals surface area (Å²) < 4.78 is 10.9. The molecule has 2 aromatic rings. The van der Waals surface area contributed by atoms with E-state index in [0.717, 1.165) is 57.9 Å². The molecule has 0 radical (unpaired) electrons. The van der Waals surface area contributed by atoms with Crippen molar-refractivity contribution in [3.05, 3.63) is 54.1 Å². The Hall–Kier alpha value is -2.73. The van der Waals surface area contributed by atoms with Gasteiger partial charge in [0, 0.05) is 51.0 Å². The highest BCUT2D eigenvalue weighted by molar-refractivity contribution is 5.78. The average Bonchev–Trinajstić information content (AvgIpc) is 2.83. The van der Waals surface area contributed by atoms with E-state index in [-0.39, 0.29) is 12.5 Å². The molecule has 2 aliphatic heterocycles. The molecule has 0 saturated carbocycles. The van der Waals surface area contributed by atoms with Gasteiger partial charge in [-0.3, -0.25) is 9.69 Å². The normalized spacial score (nSPS) is 19.9. The molecule has 0 bridgehead atoms. The summed E-state index contributed by atoms with van der Waals surface area (Å²) in [5, 5.41) is 0. The van der Waals surface area contributed by atoms with Gasteiger partial charge in [-0.15, -0.1) is 0 Å². The molecule has 0 spiro atoms. The Morgan fingerprint density at radius 2 is 1.68 bits per heavy atom. The van der Waals surface area contributed by atoms with Crippen LogP contribution >= 0.6 is 0 Å². The van der Waals surface area contributed by atoms with E-state index in [1.165, 1.54) is 11.3 Å². The number of aryl methyl sites for hydroxylation is 1. The number of piperidine rings is 1. The Morgan fingerprint density at radius 1 is 0.968 bits per heavy atom. The van der Waals surface area contributed by atoms with Crippen molar-refractivity contribution in [1.29, 1.82) is 0 Å². The Balaban J connectivity index is 1.26. The largest absolute Gasteiger partial charge is 0.497 e. The van der Waals surface area contributed by atoms with Gasteiger partial charge in [-0.25, -0.2) is 0 Å². The van der Waals surface area contributed by atoms with E-state index in [1.54, 1.807) is 7.11 Å². The minimum atomic E-state index is 0.0686. The van der Waals surface area contributed by atoms with Gasteiger partial charge in [-0.05, 0) is 55.7 Å². The summed E-state index contributed by atoms with van der Waals surface area (Å²) in [5.41, 5.74) is 2.68. The number of anilines is 1. The number of carbonyl (C=O) groups excluding carboxylic acids is 1. The van der Waals surface area contributed by atoms with Gasteiger partial charge in [0.15, 0.2) is 6.61 Å². The number of hydrogen-bond acceptors (Lipinski definition) is 5. The first-order valence-electron chi connectivity index (χ1n) is 11.2. The highest BCUT2D eigenvalue weighted by Gasteiger charge is 2.30. The fourth-order valence-corrected chi connectivity index (χ4v) is 4.63. The molecule has 2 fully saturated rings. The average molecular weight is 424 g/mol. The summed E-state index contributed by atoms with van der Waals surface area (Å²) in [7, 11) is 1.63. The number of ether oxygens (including phenoxy) is 2. The lowest BCUT2D eigenvalue weighted by Crippen LogP contribution is -2.56. The van der Waals surface area contributed by atoms with Crippen molar-refractivity contribution in [1.82, 2.24) is 9.80 Å². The third kappa shape index (κ3) is 5.31. The monoisotopic (exact) mass is 423 g/mol. The minimum Gasteiger partial charge on any atom is -0.497 e. The van der Waals surface area contributed by atoms with Crippen LogP contribution in [-0.2, 0) is 4.79 Å². The van der Waals surface area contributed by atoms with E-state index in [9.17, 15) is 4.79 Å². The van der Waals surface area contributed by atoms with Crippen LogP contribution in [0.4, 0.5) is 5.69 Å². The lowest BCUT2D eigenvalue weighted by molar-refractivity contribution is -0.135. The first-order valence-corrected chi connectivity index (χ1v) is 11.2. The third-order valence-corrected chi connectivity index (χ3v) is 6.46. The molecule has 0 aromatic heterocycles. The summed E-state index contributed by atoms with van der Waals surface area (Å²) >= 11 is 0. The summed E-state index contributed by atoms with van der Waals surface area (Å²) in [6, 6.07) is 16.4. The van der Waals surface area contributed by atoms with Crippen LogP contribution in [0.2, 0.25) is 0 Å². The first-order chi connectivity index (χ1) is 15.1. The number of nitrogens with zero attached hydrogens (tertiary/aromatic N) is 3. The number of rotatable bonds is 6. The number of para-hydroxylation sites is 1. The van der Waals surface area contributed by atoms with Gasteiger partial charge in [0.1, 0.15) is 11.5 Å².